The lowest BCUT2D eigenvalue weighted by molar-refractivity contribution is -0.114. The van der Waals surface area contributed by atoms with Crippen LogP contribution >= 0.6 is 0 Å². The summed E-state index contributed by atoms with van der Waals surface area (Å²) in [5.41, 5.74) is 0. The van der Waals surface area contributed by atoms with Crippen LogP contribution in [0.3, 0.4) is 0 Å². The lowest BCUT2D eigenvalue weighted by atomic mass is 10.1. The molecule has 0 atom stereocenters. The number of hydrogen-bond donors (Lipinski definition) is 0. The SMILES string of the molecule is CCCCCCCC/C=C/C(=O)CCCCC. The Bertz CT molecular complexity index is 194. The van der Waals surface area contributed by atoms with Crippen LogP contribution in [0.4, 0.5) is 0 Å². The first-order chi connectivity index (χ1) is 8.31. The van der Waals surface area contributed by atoms with E-state index in [4.69, 9.17) is 0 Å². The molecule has 0 heterocycles. The molecule has 0 aliphatic carbocycles. The summed E-state index contributed by atoms with van der Waals surface area (Å²) in [5.74, 6) is 0.310. The lowest BCUT2D eigenvalue weighted by Crippen LogP contribution is -1.91. The summed E-state index contributed by atoms with van der Waals surface area (Å²) >= 11 is 0. The summed E-state index contributed by atoms with van der Waals surface area (Å²) in [7, 11) is 0. The third-order valence-electron chi connectivity index (χ3n) is 3.05. The third kappa shape index (κ3) is 13.3. The van der Waals surface area contributed by atoms with Crippen LogP contribution in [0, 0.1) is 0 Å². The number of unbranched alkanes of at least 4 members (excludes halogenated alkanes) is 8. The molecule has 17 heavy (non-hydrogen) atoms. The van der Waals surface area contributed by atoms with Crippen LogP contribution in [0.1, 0.15) is 84.5 Å². The Labute approximate surface area is 108 Å². The summed E-state index contributed by atoms with van der Waals surface area (Å²) < 4.78 is 0. The molecule has 0 aliphatic rings. The molecule has 0 bridgehead atoms. The van der Waals surface area contributed by atoms with Gasteiger partial charge in [-0.25, -0.2) is 0 Å². The minimum Gasteiger partial charge on any atom is -0.295 e. The second kappa shape index (κ2) is 13.5. The lowest BCUT2D eigenvalue weighted by Gasteiger charge is -1.97. The number of carbonyl (C=O) groups is 1. The average molecular weight is 238 g/mol. The van der Waals surface area contributed by atoms with Gasteiger partial charge < -0.3 is 0 Å². The molecule has 0 spiro atoms. The zero-order valence-electron chi connectivity index (χ0n) is 11.8. The molecular formula is C16H30O. The van der Waals surface area contributed by atoms with Crippen LogP contribution < -0.4 is 0 Å². The van der Waals surface area contributed by atoms with Gasteiger partial charge in [0, 0.05) is 6.42 Å². The predicted octanol–water partition coefficient (Wildman–Crippen LogP) is 5.44. The van der Waals surface area contributed by atoms with Crippen LogP contribution in [-0.2, 0) is 4.79 Å². The fourth-order valence-corrected chi connectivity index (χ4v) is 1.89. The Morgan fingerprint density at radius 2 is 1.41 bits per heavy atom. The Balaban J connectivity index is 3.25. The Kier molecular flexibility index (Phi) is 13.0. The molecule has 0 aliphatic heterocycles. The number of hydrogen-bond acceptors (Lipinski definition) is 1. The third-order valence-corrected chi connectivity index (χ3v) is 3.05. The van der Waals surface area contributed by atoms with E-state index in [-0.39, 0.29) is 0 Å². The van der Waals surface area contributed by atoms with E-state index in [0.717, 1.165) is 19.3 Å². The van der Waals surface area contributed by atoms with Crippen molar-refractivity contribution in [2.24, 2.45) is 0 Å². The van der Waals surface area contributed by atoms with Gasteiger partial charge in [-0.3, -0.25) is 4.79 Å². The topological polar surface area (TPSA) is 17.1 Å². The molecule has 0 radical (unpaired) electrons. The van der Waals surface area contributed by atoms with E-state index in [1.165, 1.54) is 51.4 Å². The molecule has 1 heteroatoms. The second-order valence-electron chi connectivity index (χ2n) is 4.88. The number of ketones is 1. The highest BCUT2D eigenvalue weighted by Gasteiger charge is 1.95. The molecular weight excluding hydrogens is 208 g/mol. The van der Waals surface area contributed by atoms with E-state index in [1.807, 2.05) is 0 Å². The molecule has 1 nitrogen and oxygen atoms in total. The van der Waals surface area contributed by atoms with Gasteiger partial charge >= 0.3 is 0 Å². The first kappa shape index (κ1) is 16.4. The zero-order valence-corrected chi connectivity index (χ0v) is 11.8. The van der Waals surface area contributed by atoms with Gasteiger partial charge in [0.2, 0.25) is 0 Å². The molecule has 100 valence electrons. The molecule has 0 aromatic heterocycles. The highest BCUT2D eigenvalue weighted by molar-refractivity contribution is 5.89. The maximum Gasteiger partial charge on any atom is 0.155 e. The number of carbonyl (C=O) groups excluding carboxylic acids is 1. The predicted molar refractivity (Wildman–Crippen MR) is 76.3 cm³/mol. The van der Waals surface area contributed by atoms with E-state index in [0.29, 0.717) is 5.78 Å². The van der Waals surface area contributed by atoms with Crippen molar-refractivity contribution in [1.29, 1.82) is 0 Å². The maximum atomic E-state index is 11.4. The van der Waals surface area contributed by atoms with E-state index in [2.05, 4.69) is 19.9 Å². The van der Waals surface area contributed by atoms with Crippen molar-refractivity contribution in [3.63, 3.8) is 0 Å². The number of rotatable bonds is 12. The molecule has 0 aromatic carbocycles. The largest absolute Gasteiger partial charge is 0.295 e. The highest BCUT2D eigenvalue weighted by Crippen LogP contribution is 2.07. The summed E-state index contributed by atoms with van der Waals surface area (Å²) in [4.78, 5) is 11.4. The first-order valence-electron chi connectivity index (χ1n) is 7.50. The molecule has 0 unspecified atom stereocenters. The van der Waals surface area contributed by atoms with Crippen molar-refractivity contribution in [2.75, 3.05) is 0 Å². The van der Waals surface area contributed by atoms with Gasteiger partial charge in [0.05, 0.1) is 0 Å². The number of allylic oxidation sites excluding steroid dienone is 2. The molecule has 0 fully saturated rings. The minimum absolute atomic E-state index is 0.310. The van der Waals surface area contributed by atoms with Gasteiger partial charge in [0.15, 0.2) is 5.78 Å². The van der Waals surface area contributed by atoms with E-state index >= 15 is 0 Å². The van der Waals surface area contributed by atoms with Crippen molar-refractivity contribution in [1.82, 2.24) is 0 Å². The first-order valence-corrected chi connectivity index (χ1v) is 7.50. The van der Waals surface area contributed by atoms with Crippen molar-refractivity contribution >= 4 is 5.78 Å². The summed E-state index contributed by atoms with van der Waals surface area (Å²) in [6.07, 6.45) is 17.0. The molecule has 0 saturated carbocycles. The van der Waals surface area contributed by atoms with Gasteiger partial charge in [-0.05, 0) is 25.3 Å². The zero-order chi connectivity index (χ0) is 12.8. The van der Waals surface area contributed by atoms with Crippen molar-refractivity contribution in [3.8, 4) is 0 Å². The van der Waals surface area contributed by atoms with E-state index in [1.54, 1.807) is 6.08 Å². The van der Waals surface area contributed by atoms with Crippen LogP contribution in [0.25, 0.3) is 0 Å². The second-order valence-corrected chi connectivity index (χ2v) is 4.88. The van der Waals surface area contributed by atoms with Crippen molar-refractivity contribution in [3.05, 3.63) is 12.2 Å². The Hall–Kier alpha value is -0.590. The molecule has 0 saturated heterocycles. The average Bonchev–Trinajstić information content (AvgIpc) is 2.33. The quantitative estimate of drug-likeness (QED) is 0.327. The smallest absolute Gasteiger partial charge is 0.155 e. The van der Waals surface area contributed by atoms with Crippen LogP contribution in [0.5, 0.6) is 0 Å². The molecule has 0 N–H and O–H groups in total. The summed E-state index contributed by atoms with van der Waals surface area (Å²) in [6, 6.07) is 0. The normalized spacial score (nSPS) is 11.2. The van der Waals surface area contributed by atoms with E-state index < -0.39 is 0 Å². The maximum absolute atomic E-state index is 11.4. The van der Waals surface area contributed by atoms with Gasteiger partial charge in [0.1, 0.15) is 0 Å². The van der Waals surface area contributed by atoms with E-state index in [9.17, 15) is 4.79 Å². The Morgan fingerprint density at radius 3 is 2.12 bits per heavy atom. The standard InChI is InChI=1S/C16H30O/c1-3-5-7-8-9-10-11-13-15-16(17)14-12-6-4-2/h13,15H,3-12,14H2,1-2H3/b15-13+. The van der Waals surface area contributed by atoms with Crippen molar-refractivity contribution in [2.45, 2.75) is 84.5 Å². The van der Waals surface area contributed by atoms with Gasteiger partial charge in [-0.1, -0.05) is 64.9 Å². The van der Waals surface area contributed by atoms with Gasteiger partial charge in [-0.15, -0.1) is 0 Å². The van der Waals surface area contributed by atoms with Crippen LogP contribution in [0.2, 0.25) is 0 Å². The monoisotopic (exact) mass is 238 g/mol. The van der Waals surface area contributed by atoms with Crippen LogP contribution in [0.15, 0.2) is 12.2 Å². The summed E-state index contributed by atoms with van der Waals surface area (Å²) in [5, 5.41) is 0. The van der Waals surface area contributed by atoms with Gasteiger partial charge in [-0.2, -0.15) is 0 Å². The minimum atomic E-state index is 0.310. The fraction of sp³-hybridized carbons (Fsp3) is 0.812. The van der Waals surface area contributed by atoms with Gasteiger partial charge in [0.25, 0.3) is 0 Å². The fourth-order valence-electron chi connectivity index (χ4n) is 1.89. The molecule has 0 amide bonds. The Morgan fingerprint density at radius 1 is 0.824 bits per heavy atom. The van der Waals surface area contributed by atoms with Crippen LogP contribution in [-0.4, -0.2) is 5.78 Å². The highest BCUT2D eigenvalue weighted by atomic mass is 16.1. The molecule has 0 aromatic rings. The van der Waals surface area contributed by atoms with Crippen molar-refractivity contribution < 1.29 is 4.79 Å². The molecule has 0 rings (SSSR count). The summed E-state index contributed by atoms with van der Waals surface area (Å²) in [6.45, 7) is 4.41.